The van der Waals surface area contributed by atoms with Gasteiger partial charge >= 0.3 is 0 Å². The Hall–Kier alpha value is -0.0400. The molecule has 0 radical (unpaired) electrons. The maximum Gasteiger partial charge on any atom is 0.00698 e. The molecule has 5 unspecified atom stereocenters. The first kappa shape index (κ1) is 8.28. The Morgan fingerprint density at radius 2 is 1.85 bits per heavy atom. The maximum absolute atomic E-state index is 3.64. The maximum atomic E-state index is 3.64. The molecule has 3 aliphatic carbocycles. The second-order valence-electron chi connectivity index (χ2n) is 5.39. The van der Waals surface area contributed by atoms with Crippen molar-refractivity contribution in [3.05, 3.63) is 0 Å². The van der Waals surface area contributed by atoms with E-state index in [9.17, 15) is 0 Å². The summed E-state index contributed by atoms with van der Waals surface area (Å²) >= 11 is 0. The first-order valence-electron chi connectivity index (χ1n) is 6.12. The van der Waals surface area contributed by atoms with E-state index in [0.717, 1.165) is 24.4 Å². The molecule has 3 rings (SSSR count). The summed E-state index contributed by atoms with van der Waals surface area (Å²) < 4.78 is 0. The molecule has 74 valence electrons. The molecule has 5 atom stereocenters. The lowest BCUT2D eigenvalue weighted by atomic mass is 9.76. The van der Waals surface area contributed by atoms with Gasteiger partial charge in [-0.15, -0.1) is 0 Å². The molecule has 1 heteroatoms. The first-order chi connectivity index (χ1) is 6.38. The predicted molar refractivity (Wildman–Crippen MR) is 54.5 cm³/mol. The molecule has 0 aromatic rings. The van der Waals surface area contributed by atoms with Gasteiger partial charge in [-0.2, -0.15) is 0 Å². The summed E-state index contributed by atoms with van der Waals surface area (Å²) in [5, 5.41) is 3.64. The highest BCUT2D eigenvalue weighted by Crippen LogP contribution is 2.61. The lowest BCUT2D eigenvalue weighted by Crippen LogP contribution is -2.37. The minimum atomic E-state index is 0.866. The van der Waals surface area contributed by atoms with E-state index in [4.69, 9.17) is 0 Å². The van der Waals surface area contributed by atoms with Crippen molar-refractivity contribution in [1.29, 1.82) is 0 Å². The predicted octanol–water partition coefficient (Wildman–Crippen LogP) is 2.42. The van der Waals surface area contributed by atoms with Crippen molar-refractivity contribution in [3.8, 4) is 0 Å². The number of hydrogen-bond acceptors (Lipinski definition) is 1. The lowest BCUT2D eigenvalue weighted by molar-refractivity contribution is 0.200. The SMILES string of the molecule is CCNC1CCC2CC3CC3C2C1. The zero-order chi connectivity index (χ0) is 8.84. The molecule has 3 saturated carbocycles. The molecule has 0 aromatic heterocycles. The minimum absolute atomic E-state index is 0.866. The van der Waals surface area contributed by atoms with E-state index < -0.39 is 0 Å². The summed E-state index contributed by atoms with van der Waals surface area (Å²) in [6.45, 7) is 3.40. The Bertz CT molecular complexity index is 201. The van der Waals surface area contributed by atoms with Crippen LogP contribution in [0.4, 0.5) is 0 Å². The van der Waals surface area contributed by atoms with Crippen LogP contribution < -0.4 is 5.32 Å². The zero-order valence-corrected chi connectivity index (χ0v) is 8.63. The van der Waals surface area contributed by atoms with Gasteiger partial charge in [0.1, 0.15) is 0 Å². The van der Waals surface area contributed by atoms with Crippen LogP contribution in [0.15, 0.2) is 0 Å². The van der Waals surface area contributed by atoms with Gasteiger partial charge in [0.15, 0.2) is 0 Å². The number of rotatable bonds is 2. The van der Waals surface area contributed by atoms with Crippen LogP contribution in [0.2, 0.25) is 0 Å². The Morgan fingerprint density at radius 1 is 1.00 bits per heavy atom. The van der Waals surface area contributed by atoms with E-state index in [2.05, 4.69) is 12.2 Å². The molecule has 0 aromatic carbocycles. The molecule has 1 N–H and O–H groups in total. The smallest absolute Gasteiger partial charge is 0.00698 e. The van der Waals surface area contributed by atoms with Crippen molar-refractivity contribution in [2.45, 2.75) is 45.1 Å². The number of hydrogen-bond donors (Lipinski definition) is 1. The van der Waals surface area contributed by atoms with E-state index >= 15 is 0 Å². The van der Waals surface area contributed by atoms with Gasteiger partial charge in [-0.25, -0.2) is 0 Å². The standard InChI is InChI=1S/C12H21N/c1-2-13-10-4-3-8-5-9-6-11(9)12(8)7-10/h8-13H,2-7H2,1H3. The van der Waals surface area contributed by atoms with Gasteiger partial charge < -0.3 is 5.32 Å². The van der Waals surface area contributed by atoms with Crippen molar-refractivity contribution in [1.82, 2.24) is 5.32 Å². The molecular formula is C12H21N. The molecule has 0 bridgehead atoms. The highest BCUT2D eigenvalue weighted by atomic mass is 14.9. The quantitative estimate of drug-likeness (QED) is 0.686. The summed E-state index contributed by atoms with van der Waals surface area (Å²) in [6.07, 6.45) is 7.65. The zero-order valence-electron chi connectivity index (χ0n) is 8.63. The van der Waals surface area contributed by atoms with Crippen molar-refractivity contribution in [2.75, 3.05) is 6.54 Å². The van der Waals surface area contributed by atoms with Crippen LogP contribution >= 0.6 is 0 Å². The molecule has 0 saturated heterocycles. The first-order valence-corrected chi connectivity index (χ1v) is 6.12. The van der Waals surface area contributed by atoms with E-state index in [1.165, 1.54) is 31.1 Å². The van der Waals surface area contributed by atoms with Crippen molar-refractivity contribution in [3.63, 3.8) is 0 Å². The topological polar surface area (TPSA) is 12.0 Å². The van der Waals surface area contributed by atoms with Crippen LogP contribution in [0.25, 0.3) is 0 Å². The number of fused-ring (bicyclic) bond motifs is 3. The highest BCUT2D eigenvalue weighted by molar-refractivity contribution is 5.04. The third-order valence-corrected chi connectivity index (χ3v) is 4.67. The average molecular weight is 179 g/mol. The molecule has 3 aliphatic rings. The van der Waals surface area contributed by atoms with E-state index in [1.54, 1.807) is 12.8 Å². The van der Waals surface area contributed by atoms with Gasteiger partial charge in [-0.1, -0.05) is 6.92 Å². The highest BCUT2D eigenvalue weighted by Gasteiger charge is 2.54. The van der Waals surface area contributed by atoms with Gasteiger partial charge in [-0.3, -0.25) is 0 Å². The van der Waals surface area contributed by atoms with Gasteiger partial charge in [0, 0.05) is 6.04 Å². The summed E-state index contributed by atoms with van der Waals surface area (Å²) in [6, 6.07) is 0.866. The fraction of sp³-hybridized carbons (Fsp3) is 1.00. The molecule has 0 heterocycles. The molecular weight excluding hydrogens is 158 g/mol. The minimum Gasteiger partial charge on any atom is -0.314 e. The second-order valence-corrected chi connectivity index (χ2v) is 5.39. The normalized spacial score (nSPS) is 52.8. The third kappa shape index (κ3) is 1.32. The Morgan fingerprint density at radius 3 is 2.69 bits per heavy atom. The molecule has 0 spiro atoms. The van der Waals surface area contributed by atoms with E-state index in [-0.39, 0.29) is 0 Å². The monoisotopic (exact) mass is 179 g/mol. The molecule has 1 nitrogen and oxygen atoms in total. The Kier molecular flexibility index (Phi) is 1.90. The molecule has 13 heavy (non-hydrogen) atoms. The van der Waals surface area contributed by atoms with E-state index in [1.807, 2.05) is 0 Å². The van der Waals surface area contributed by atoms with Gasteiger partial charge in [0.2, 0.25) is 0 Å². The molecule has 0 amide bonds. The van der Waals surface area contributed by atoms with Gasteiger partial charge in [-0.05, 0) is 62.3 Å². The summed E-state index contributed by atoms with van der Waals surface area (Å²) in [5.74, 6) is 4.61. The van der Waals surface area contributed by atoms with Crippen molar-refractivity contribution < 1.29 is 0 Å². The van der Waals surface area contributed by atoms with Crippen molar-refractivity contribution >= 4 is 0 Å². The van der Waals surface area contributed by atoms with Gasteiger partial charge in [0.05, 0.1) is 0 Å². The van der Waals surface area contributed by atoms with Crippen LogP contribution in [0.1, 0.15) is 39.0 Å². The number of nitrogens with one attached hydrogen (secondary N) is 1. The summed E-state index contributed by atoms with van der Waals surface area (Å²) in [4.78, 5) is 0. The summed E-state index contributed by atoms with van der Waals surface area (Å²) in [5.41, 5.74) is 0. The second kappa shape index (κ2) is 2.98. The molecule has 3 fully saturated rings. The van der Waals surface area contributed by atoms with Crippen LogP contribution in [0.3, 0.4) is 0 Å². The van der Waals surface area contributed by atoms with Crippen LogP contribution in [0.5, 0.6) is 0 Å². The van der Waals surface area contributed by atoms with Gasteiger partial charge in [0.25, 0.3) is 0 Å². The largest absolute Gasteiger partial charge is 0.314 e. The fourth-order valence-electron chi connectivity index (χ4n) is 4.01. The van der Waals surface area contributed by atoms with Crippen LogP contribution in [0, 0.1) is 23.7 Å². The Labute approximate surface area is 81.3 Å². The van der Waals surface area contributed by atoms with Crippen LogP contribution in [-0.4, -0.2) is 12.6 Å². The summed E-state index contributed by atoms with van der Waals surface area (Å²) in [7, 11) is 0. The lowest BCUT2D eigenvalue weighted by Gasteiger charge is -2.34. The third-order valence-electron chi connectivity index (χ3n) is 4.67. The Balaban J connectivity index is 1.62. The van der Waals surface area contributed by atoms with Crippen molar-refractivity contribution in [2.24, 2.45) is 23.7 Å². The average Bonchev–Trinajstić information content (AvgIpc) is 2.81. The van der Waals surface area contributed by atoms with Crippen LogP contribution in [-0.2, 0) is 0 Å². The fourth-order valence-corrected chi connectivity index (χ4v) is 4.01. The molecule has 0 aliphatic heterocycles. The van der Waals surface area contributed by atoms with E-state index in [0.29, 0.717) is 0 Å².